The normalized spacial score (nSPS) is 10.4. The van der Waals surface area contributed by atoms with Crippen LogP contribution in [0.3, 0.4) is 0 Å². The summed E-state index contributed by atoms with van der Waals surface area (Å²) in [6, 6.07) is 10.1. The Hall–Kier alpha value is -3.50. The lowest BCUT2D eigenvalue weighted by molar-refractivity contribution is -0.384. The van der Waals surface area contributed by atoms with Gasteiger partial charge in [-0.2, -0.15) is 0 Å². The number of aromatic nitrogens is 2. The van der Waals surface area contributed by atoms with Crippen LogP contribution in [0.2, 0.25) is 10.0 Å². The van der Waals surface area contributed by atoms with Gasteiger partial charge in [0.15, 0.2) is 0 Å². The quantitative estimate of drug-likeness (QED) is 0.415. The van der Waals surface area contributed by atoms with Gasteiger partial charge in [0.05, 0.1) is 20.6 Å². The number of hydrogen-bond acceptors (Lipinski definition) is 8. The first-order chi connectivity index (χ1) is 13.3. The minimum absolute atomic E-state index is 0.128. The predicted octanol–water partition coefficient (Wildman–Crippen LogP) is 5.09. The molecule has 3 rings (SSSR count). The average molecular weight is 421 g/mol. The maximum atomic E-state index is 11.6. The molecule has 28 heavy (non-hydrogen) atoms. The largest absolute Gasteiger partial charge is 0.353 e. The topological polar surface area (TPSA) is 136 Å². The first-order valence-electron chi connectivity index (χ1n) is 7.58. The number of non-ortho nitro benzene ring substituents is 1. The zero-order chi connectivity index (χ0) is 20.3. The van der Waals surface area contributed by atoms with Crippen LogP contribution in [-0.2, 0) is 0 Å². The van der Waals surface area contributed by atoms with Crippen LogP contribution in [0.5, 0.6) is 0 Å². The van der Waals surface area contributed by atoms with Crippen molar-refractivity contribution < 1.29 is 9.85 Å². The van der Waals surface area contributed by atoms with E-state index in [9.17, 15) is 20.2 Å². The van der Waals surface area contributed by atoms with Crippen LogP contribution in [0.1, 0.15) is 0 Å². The van der Waals surface area contributed by atoms with Crippen LogP contribution in [0.25, 0.3) is 0 Å². The second kappa shape index (κ2) is 8.03. The number of nitro groups is 2. The van der Waals surface area contributed by atoms with Gasteiger partial charge in [-0.05, 0) is 24.3 Å². The minimum Gasteiger partial charge on any atom is -0.334 e. The molecule has 0 unspecified atom stereocenters. The second-order valence-electron chi connectivity index (χ2n) is 5.36. The molecule has 0 radical (unpaired) electrons. The molecule has 2 N–H and O–H groups in total. The highest BCUT2D eigenvalue weighted by atomic mass is 35.5. The van der Waals surface area contributed by atoms with Crippen molar-refractivity contribution in [3.8, 4) is 0 Å². The van der Waals surface area contributed by atoms with Gasteiger partial charge in [0.1, 0.15) is 6.33 Å². The molecule has 10 nitrogen and oxygen atoms in total. The number of nitrogens with one attached hydrogen (secondary N) is 2. The lowest BCUT2D eigenvalue weighted by Crippen LogP contribution is -2.06. The van der Waals surface area contributed by atoms with Crippen LogP contribution in [-0.4, -0.2) is 19.8 Å². The molecule has 142 valence electrons. The highest BCUT2D eigenvalue weighted by molar-refractivity contribution is 6.35. The van der Waals surface area contributed by atoms with E-state index in [1.54, 1.807) is 6.07 Å². The summed E-state index contributed by atoms with van der Waals surface area (Å²) >= 11 is 12.0. The van der Waals surface area contributed by atoms with Crippen molar-refractivity contribution in [1.29, 1.82) is 0 Å². The van der Waals surface area contributed by atoms with Gasteiger partial charge >= 0.3 is 5.69 Å². The van der Waals surface area contributed by atoms with Gasteiger partial charge in [-0.15, -0.1) is 0 Å². The average Bonchev–Trinajstić information content (AvgIpc) is 2.65. The molecule has 2 aromatic carbocycles. The summed E-state index contributed by atoms with van der Waals surface area (Å²) < 4.78 is 0. The molecule has 0 aliphatic heterocycles. The Labute approximate surface area is 167 Å². The van der Waals surface area contributed by atoms with Crippen LogP contribution < -0.4 is 10.6 Å². The third-order valence-electron chi connectivity index (χ3n) is 3.51. The maximum absolute atomic E-state index is 11.6. The van der Waals surface area contributed by atoms with Gasteiger partial charge in [0, 0.05) is 22.8 Å². The summed E-state index contributed by atoms with van der Waals surface area (Å²) in [4.78, 5) is 29.1. The summed E-state index contributed by atoms with van der Waals surface area (Å²) in [6.45, 7) is 0. The number of anilines is 4. The van der Waals surface area contributed by atoms with Crippen molar-refractivity contribution in [2.24, 2.45) is 0 Å². The van der Waals surface area contributed by atoms with E-state index in [1.165, 1.54) is 36.4 Å². The van der Waals surface area contributed by atoms with E-state index < -0.39 is 15.5 Å². The molecule has 0 aliphatic rings. The van der Waals surface area contributed by atoms with Crippen molar-refractivity contribution in [2.45, 2.75) is 0 Å². The Morgan fingerprint density at radius 1 is 0.893 bits per heavy atom. The third-order valence-corrected chi connectivity index (χ3v) is 4.07. The van der Waals surface area contributed by atoms with Crippen LogP contribution in [0.4, 0.5) is 34.4 Å². The molecule has 0 amide bonds. The molecule has 0 saturated heterocycles. The molecule has 0 atom stereocenters. The molecule has 0 fully saturated rings. The molecule has 1 heterocycles. The number of halogens is 2. The molecule has 0 spiro atoms. The van der Waals surface area contributed by atoms with Gasteiger partial charge in [0.25, 0.3) is 5.69 Å². The standard InChI is InChI=1S/C16H10Cl2N6O4/c17-9-4-5-12(18)13(6-9)22-16-14(24(27)28)15(19-8-20-16)21-10-2-1-3-11(7-10)23(25)26/h1-8H,(H2,19,20,21,22). The monoisotopic (exact) mass is 420 g/mol. The van der Waals surface area contributed by atoms with Gasteiger partial charge in [-0.1, -0.05) is 29.3 Å². The van der Waals surface area contributed by atoms with Crippen molar-refractivity contribution >= 4 is 57.6 Å². The Balaban J connectivity index is 2.00. The van der Waals surface area contributed by atoms with E-state index in [0.29, 0.717) is 10.7 Å². The zero-order valence-corrected chi connectivity index (χ0v) is 15.3. The van der Waals surface area contributed by atoms with E-state index in [1.807, 2.05) is 0 Å². The first-order valence-corrected chi connectivity index (χ1v) is 8.33. The summed E-state index contributed by atoms with van der Waals surface area (Å²) in [5.74, 6) is -0.279. The Kier molecular flexibility index (Phi) is 5.52. The summed E-state index contributed by atoms with van der Waals surface area (Å²) in [7, 11) is 0. The maximum Gasteiger partial charge on any atom is 0.353 e. The van der Waals surface area contributed by atoms with Gasteiger partial charge in [-0.25, -0.2) is 9.97 Å². The second-order valence-corrected chi connectivity index (χ2v) is 6.20. The Bertz CT molecular complexity index is 1080. The van der Waals surface area contributed by atoms with E-state index in [4.69, 9.17) is 23.2 Å². The molecular weight excluding hydrogens is 411 g/mol. The molecule has 0 aliphatic carbocycles. The molecule has 3 aromatic rings. The summed E-state index contributed by atoms with van der Waals surface area (Å²) in [5, 5.41) is 28.7. The number of nitrogens with zero attached hydrogens (tertiary/aromatic N) is 4. The van der Waals surface area contributed by atoms with Gasteiger partial charge < -0.3 is 10.6 Å². The summed E-state index contributed by atoms with van der Waals surface area (Å²) in [6.07, 6.45) is 1.10. The van der Waals surface area contributed by atoms with Crippen molar-refractivity contribution in [1.82, 2.24) is 9.97 Å². The number of benzene rings is 2. The van der Waals surface area contributed by atoms with Gasteiger partial charge in [0.2, 0.25) is 11.6 Å². The minimum atomic E-state index is -0.680. The molecule has 0 bridgehead atoms. The van der Waals surface area contributed by atoms with E-state index in [-0.39, 0.29) is 28.0 Å². The molecule has 0 saturated carbocycles. The van der Waals surface area contributed by atoms with Crippen molar-refractivity contribution in [3.63, 3.8) is 0 Å². The van der Waals surface area contributed by atoms with E-state index in [0.717, 1.165) is 6.33 Å². The summed E-state index contributed by atoms with van der Waals surface area (Å²) in [5.41, 5.74) is -0.0733. The SMILES string of the molecule is O=[N+]([O-])c1cccc(Nc2ncnc(Nc3cc(Cl)ccc3Cl)c2[N+](=O)[O-])c1. The third kappa shape index (κ3) is 4.24. The van der Waals surface area contributed by atoms with E-state index >= 15 is 0 Å². The fourth-order valence-electron chi connectivity index (χ4n) is 2.29. The zero-order valence-electron chi connectivity index (χ0n) is 13.8. The van der Waals surface area contributed by atoms with E-state index in [2.05, 4.69) is 20.6 Å². The van der Waals surface area contributed by atoms with Crippen LogP contribution >= 0.6 is 23.2 Å². The smallest absolute Gasteiger partial charge is 0.334 e. The molecule has 12 heteroatoms. The van der Waals surface area contributed by atoms with Crippen LogP contribution in [0, 0.1) is 20.2 Å². The number of nitro benzene ring substituents is 1. The van der Waals surface area contributed by atoms with Crippen LogP contribution in [0.15, 0.2) is 48.8 Å². The lowest BCUT2D eigenvalue weighted by atomic mass is 10.2. The number of rotatable bonds is 6. The van der Waals surface area contributed by atoms with Crippen molar-refractivity contribution in [2.75, 3.05) is 10.6 Å². The molecular formula is C16H10Cl2N6O4. The first kappa shape index (κ1) is 19.3. The van der Waals surface area contributed by atoms with Crippen molar-refractivity contribution in [3.05, 3.63) is 79.1 Å². The fourth-order valence-corrected chi connectivity index (χ4v) is 2.63. The Morgan fingerprint density at radius 3 is 2.29 bits per heavy atom. The lowest BCUT2D eigenvalue weighted by Gasteiger charge is -2.11. The Morgan fingerprint density at radius 2 is 1.61 bits per heavy atom. The fraction of sp³-hybridized carbons (Fsp3) is 0. The highest BCUT2D eigenvalue weighted by Crippen LogP contribution is 2.35. The predicted molar refractivity (Wildman–Crippen MR) is 105 cm³/mol. The number of hydrogen-bond donors (Lipinski definition) is 2. The molecule has 1 aromatic heterocycles. The highest BCUT2D eigenvalue weighted by Gasteiger charge is 2.24. The van der Waals surface area contributed by atoms with Gasteiger partial charge in [-0.3, -0.25) is 20.2 Å².